The highest BCUT2D eigenvalue weighted by Crippen LogP contribution is 2.27. The number of hydrogen-bond donors (Lipinski definition) is 1. The second-order valence-electron chi connectivity index (χ2n) is 4.95. The molecule has 1 aromatic rings. The van der Waals surface area contributed by atoms with Gasteiger partial charge in [0, 0.05) is 12.1 Å². The van der Waals surface area contributed by atoms with E-state index in [0.29, 0.717) is 12.3 Å². The van der Waals surface area contributed by atoms with Crippen molar-refractivity contribution in [3.05, 3.63) is 29.8 Å². The number of carbonyl (C=O) groups is 1. The van der Waals surface area contributed by atoms with Crippen molar-refractivity contribution in [2.45, 2.75) is 45.4 Å². The number of benzene rings is 1. The molecule has 1 N–H and O–H groups in total. The van der Waals surface area contributed by atoms with E-state index in [1.165, 1.54) is 31.2 Å². The van der Waals surface area contributed by atoms with Crippen LogP contribution in [0.25, 0.3) is 0 Å². The Morgan fingerprint density at radius 2 is 1.88 bits per heavy atom. The molecule has 1 saturated carbocycles. The van der Waals surface area contributed by atoms with Crippen molar-refractivity contribution >= 4 is 11.6 Å². The molecule has 0 spiro atoms. The molecular weight excluding hydrogens is 210 g/mol. The number of hydrogen-bond acceptors (Lipinski definition) is 1. The van der Waals surface area contributed by atoms with E-state index in [2.05, 4.69) is 24.4 Å². The Morgan fingerprint density at radius 3 is 2.47 bits per heavy atom. The average Bonchev–Trinajstić information content (AvgIpc) is 2.82. The molecule has 0 saturated heterocycles. The van der Waals surface area contributed by atoms with Gasteiger partial charge in [-0.1, -0.05) is 31.9 Å². The van der Waals surface area contributed by atoms with Gasteiger partial charge in [0.05, 0.1) is 0 Å². The topological polar surface area (TPSA) is 29.1 Å². The van der Waals surface area contributed by atoms with E-state index < -0.39 is 0 Å². The maximum atomic E-state index is 11.8. The van der Waals surface area contributed by atoms with Gasteiger partial charge in [-0.3, -0.25) is 4.79 Å². The predicted molar refractivity (Wildman–Crippen MR) is 71.0 cm³/mol. The summed E-state index contributed by atoms with van der Waals surface area (Å²) in [7, 11) is 0. The lowest BCUT2D eigenvalue weighted by molar-refractivity contribution is -0.117. The Hall–Kier alpha value is -1.31. The van der Waals surface area contributed by atoms with Crippen LogP contribution in [0.3, 0.4) is 0 Å². The Morgan fingerprint density at radius 1 is 1.24 bits per heavy atom. The molecule has 1 aromatic carbocycles. The van der Waals surface area contributed by atoms with E-state index in [1.54, 1.807) is 0 Å². The third-order valence-electron chi connectivity index (χ3n) is 3.59. The molecule has 1 aliphatic rings. The second kappa shape index (κ2) is 5.85. The van der Waals surface area contributed by atoms with E-state index in [1.807, 2.05) is 12.1 Å². The zero-order chi connectivity index (χ0) is 12.1. The average molecular weight is 231 g/mol. The minimum absolute atomic E-state index is 0.168. The van der Waals surface area contributed by atoms with Crippen LogP contribution in [0.5, 0.6) is 0 Å². The summed E-state index contributed by atoms with van der Waals surface area (Å²) < 4.78 is 0. The molecule has 1 amide bonds. The van der Waals surface area contributed by atoms with Crippen molar-refractivity contribution in [3.63, 3.8) is 0 Å². The normalized spacial score (nSPS) is 16.1. The minimum Gasteiger partial charge on any atom is -0.326 e. The van der Waals surface area contributed by atoms with Gasteiger partial charge in [0.15, 0.2) is 0 Å². The molecule has 0 unspecified atom stereocenters. The molecule has 1 fully saturated rings. The van der Waals surface area contributed by atoms with E-state index in [9.17, 15) is 4.79 Å². The van der Waals surface area contributed by atoms with Crippen molar-refractivity contribution in [1.29, 1.82) is 0 Å². The zero-order valence-electron chi connectivity index (χ0n) is 10.5. The molecule has 2 nitrogen and oxygen atoms in total. The van der Waals surface area contributed by atoms with Crippen LogP contribution < -0.4 is 5.32 Å². The first-order valence-corrected chi connectivity index (χ1v) is 6.66. The molecule has 0 radical (unpaired) electrons. The molecule has 2 heteroatoms. The lowest BCUT2D eigenvalue weighted by atomic mass is 10.0. The third kappa shape index (κ3) is 3.58. The van der Waals surface area contributed by atoms with Crippen LogP contribution in [-0.2, 0) is 11.2 Å². The summed E-state index contributed by atoms with van der Waals surface area (Å²) in [5, 5.41) is 2.98. The maximum Gasteiger partial charge on any atom is 0.224 e. The van der Waals surface area contributed by atoms with Crippen molar-refractivity contribution < 1.29 is 4.79 Å². The largest absolute Gasteiger partial charge is 0.326 e. The van der Waals surface area contributed by atoms with Crippen LogP contribution in [0.4, 0.5) is 5.69 Å². The Labute approximate surface area is 103 Å². The molecule has 0 bridgehead atoms. The van der Waals surface area contributed by atoms with Crippen LogP contribution in [-0.4, -0.2) is 5.91 Å². The highest BCUT2D eigenvalue weighted by atomic mass is 16.1. The summed E-state index contributed by atoms with van der Waals surface area (Å²) in [6, 6.07) is 8.13. The van der Waals surface area contributed by atoms with Crippen LogP contribution in [0.1, 0.15) is 44.6 Å². The van der Waals surface area contributed by atoms with Gasteiger partial charge in [0.2, 0.25) is 5.91 Å². The highest BCUT2D eigenvalue weighted by Gasteiger charge is 2.18. The molecule has 17 heavy (non-hydrogen) atoms. The van der Waals surface area contributed by atoms with Crippen molar-refractivity contribution in [3.8, 4) is 0 Å². The third-order valence-corrected chi connectivity index (χ3v) is 3.59. The predicted octanol–water partition coefficient (Wildman–Crippen LogP) is 3.77. The number of rotatable bonds is 4. The fraction of sp³-hybridized carbons (Fsp3) is 0.533. The van der Waals surface area contributed by atoms with Crippen molar-refractivity contribution in [2.24, 2.45) is 5.92 Å². The summed E-state index contributed by atoms with van der Waals surface area (Å²) in [6.45, 7) is 2.13. The fourth-order valence-electron chi connectivity index (χ4n) is 2.51. The van der Waals surface area contributed by atoms with Gasteiger partial charge in [0.1, 0.15) is 0 Å². The van der Waals surface area contributed by atoms with Gasteiger partial charge < -0.3 is 5.32 Å². The van der Waals surface area contributed by atoms with Gasteiger partial charge >= 0.3 is 0 Å². The number of amides is 1. The summed E-state index contributed by atoms with van der Waals surface area (Å²) in [5.74, 6) is 0.783. The molecule has 0 aliphatic heterocycles. The number of aryl methyl sites for hydroxylation is 1. The molecule has 0 atom stereocenters. The van der Waals surface area contributed by atoms with Gasteiger partial charge in [-0.25, -0.2) is 0 Å². The summed E-state index contributed by atoms with van der Waals surface area (Å²) >= 11 is 0. The van der Waals surface area contributed by atoms with Crippen LogP contribution in [0, 0.1) is 5.92 Å². The molecule has 2 rings (SSSR count). The van der Waals surface area contributed by atoms with Crippen LogP contribution in [0.15, 0.2) is 24.3 Å². The maximum absolute atomic E-state index is 11.8. The quantitative estimate of drug-likeness (QED) is 0.839. The summed E-state index contributed by atoms with van der Waals surface area (Å²) in [5.41, 5.74) is 2.23. The molecule has 92 valence electrons. The standard InChI is InChI=1S/C15H21NO/c1-2-12-7-9-14(10-8-12)16-15(17)11-13-5-3-4-6-13/h7-10,13H,2-6,11H2,1H3,(H,16,17). The SMILES string of the molecule is CCc1ccc(NC(=O)CC2CCCC2)cc1. The number of anilines is 1. The molecule has 1 aliphatic carbocycles. The lowest BCUT2D eigenvalue weighted by Gasteiger charge is -2.09. The summed E-state index contributed by atoms with van der Waals surface area (Å²) in [4.78, 5) is 11.8. The first-order chi connectivity index (χ1) is 8.28. The zero-order valence-corrected chi connectivity index (χ0v) is 10.5. The first kappa shape index (κ1) is 12.2. The van der Waals surface area contributed by atoms with Gasteiger partial charge in [-0.2, -0.15) is 0 Å². The summed E-state index contributed by atoms with van der Waals surface area (Å²) in [6.07, 6.45) is 6.77. The van der Waals surface area contributed by atoms with Gasteiger partial charge in [0.25, 0.3) is 0 Å². The van der Waals surface area contributed by atoms with E-state index in [-0.39, 0.29) is 5.91 Å². The lowest BCUT2D eigenvalue weighted by Crippen LogP contribution is -2.15. The first-order valence-electron chi connectivity index (χ1n) is 6.66. The van der Waals surface area contributed by atoms with E-state index >= 15 is 0 Å². The monoisotopic (exact) mass is 231 g/mol. The minimum atomic E-state index is 0.168. The van der Waals surface area contributed by atoms with Gasteiger partial charge in [-0.15, -0.1) is 0 Å². The highest BCUT2D eigenvalue weighted by molar-refractivity contribution is 5.90. The fourth-order valence-corrected chi connectivity index (χ4v) is 2.51. The van der Waals surface area contributed by atoms with Gasteiger partial charge in [-0.05, 0) is 42.9 Å². The van der Waals surface area contributed by atoms with Crippen LogP contribution >= 0.6 is 0 Å². The Kier molecular flexibility index (Phi) is 4.18. The number of nitrogens with one attached hydrogen (secondary N) is 1. The van der Waals surface area contributed by atoms with Crippen molar-refractivity contribution in [2.75, 3.05) is 5.32 Å². The smallest absolute Gasteiger partial charge is 0.224 e. The molecular formula is C15H21NO. The second-order valence-corrected chi connectivity index (χ2v) is 4.95. The van der Waals surface area contributed by atoms with Crippen LogP contribution in [0.2, 0.25) is 0 Å². The Balaban J connectivity index is 1.84. The van der Waals surface area contributed by atoms with E-state index in [4.69, 9.17) is 0 Å². The molecule has 0 aromatic heterocycles. The number of carbonyl (C=O) groups excluding carboxylic acids is 1. The van der Waals surface area contributed by atoms with E-state index in [0.717, 1.165) is 12.1 Å². The van der Waals surface area contributed by atoms with Crippen molar-refractivity contribution in [1.82, 2.24) is 0 Å². The molecule has 0 heterocycles. The Bertz CT molecular complexity index is 363.